The van der Waals surface area contributed by atoms with Gasteiger partial charge in [-0.3, -0.25) is 4.79 Å². The van der Waals surface area contributed by atoms with E-state index in [4.69, 9.17) is 0 Å². The molecule has 1 atom stereocenters. The zero-order valence-electron chi connectivity index (χ0n) is 13.6. The second-order valence-corrected chi connectivity index (χ2v) is 7.53. The normalized spacial score (nSPS) is 13.8. The second kappa shape index (κ2) is 7.98. The van der Waals surface area contributed by atoms with Gasteiger partial charge in [-0.2, -0.15) is 13.2 Å². The number of carbonyl (C=O) groups excluding carboxylic acids is 1. The number of carbonyl (C=O) groups is 1. The van der Waals surface area contributed by atoms with E-state index in [9.17, 15) is 26.4 Å². The fraction of sp³-hybridized carbons (Fsp3) is 0.533. The third-order valence-corrected chi connectivity index (χ3v) is 4.48. The topological polar surface area (TPSA) is 72.5 Å². The number of hydrogen-bond donors (Lipinski definition) is 1. The molecule has 0 saturated carbocycles. The van der Waals surface area contributed by atoms with Crippen LogP contribution in [0.15, 0.2) is 24.3 Å². The van der Waals surface area contributed by atoms with Gasteiger partial charge in [0, 0.05) is 0 Å². The van der Waals surface area contributed by atoms with E-state index in [2.05, 4.69) is 9.46 Å². The van der Waals surface area contributed by atoms with Gasteiger partial charge in [0.05, 0.1) is 18.4 Å². The first kappa shape index (κ1) is 20.4. The molecule has 0 aliphatic heterocycles. The number of esters is 1. The highest BCUT2D eigenvalue weighted by Crippen LogP contribution is 2.29. The molecule has 0 heterocycles. The summed E-state index contributed by atoms with van der Waals surface area (Å²) in [6.45, 7) is 3.61. The Morgan fingerprint density at radius 1 is 1.29 bits per heavy atom. The lowest BCUT2D eigenvalue weighted by Crippen LogP contribution is -2.42. The van der Waals surface area contributed by atoms with E-state index >= 15 is 0 Å². The molecule has 1 aromatic carbocycles. The molecule has 0 fully saturated rings. The molecular formula is C15H20F3NO4S. The van der Waals surface area contributed by atoms with Crippen LogP contribution in [0.5, 0.6) is 0 Å². The van der Waals surface area contributed by atoms with Crippen LogP contribution >= 0.6 is 0 Å². The third kappa shape index (κ3) is 6.48. The SMILES string of the molecule is COC(=O)C(CC(C)C)NS(=O)(=O)Cc1cccc(C(F)(F)F)c1. The van der Waals surface area contributed by atoms with Crippen molar-refractivity contribution in [2.75, 3.05) is 7.11 Å². The molecule has 0 saturated heterocycles. The van der Waals surface area contributed by atoms with Gasteiger partial charge in [0.1, 0.15) is 6.04 Å². The summed E-state index contributed by atoms with van der Waals surface area (Å²) in [7, 11) is -2.88. The minimum absolute atomic E-state index is 0.0188. The molecular weight excluding hydrogens is 347 g/mol. The predicted molar refractivity (Wildman–Crippen MR) is 82.5 cm³/mol. The minimum atomic E-state index is -4.56. The third-order valence-electron chi connectivity index (χ3n) is 3.13. The summed E-state index contributed by atoms with van der Waals surface area (Å²) in [5.74, 6) is -1.38. The standard InChI is InChI=1S/C15H20F3NO4S/c1-10(2)7-13(14(20)23-3)19-24(21,22)9-11-5-4-6-12(8-11)15(16,17)18/h4-6,8,10,13,19H,7,9H2,1-3H3. The Kier molecular flexibility index (Phi) is 6.79. The van der Waals surface area contributed by atoms with Crippen molar-refractivity contribution in [2.24, 2.45) is 5.92 Å². The molecule has 1 N–H and O–H groups in total. The molecule has 5 nitrogen and oxygen atoms in total. The van der Waals surface area contributed by atoms with Crippen molar-refractivity contribution in [2.45, 2.75) is 38.2 Å². The zero-order valence-corrected chi connectivity index (χ0v) is 14.4. The van der Waals surface area contributed by atoms with Crippen molar-refractivity contribution in [3.63, 3.8) is 0 Å². The van der Waals surface area contributed by atoms with E-state index in [1.807, 2.05) is 0 Å². The van der Waals surface area contributed by atoms with Gasteiger partial charge < -0.3 is 4.74 Å². The summed E-state index contributed by atoms with van der Waals surface area (Å²) in [6, 6.07) is 2.98. The van der Waals surface area contributed by atoms with Crippen LogP contribution in [0.2, 0.25) is 0 Å². The molecule has 0 spiro atoms. The summed E-state index contributed by atoms with van der Waals surface area (Å²) in [5.41, 5.74) is -0.951. The number of sulfonamides is 1. The molecule has 0 amide bonds. The number of benzene rings is 1. The lowest BCUT2D eigenvalue weighted by atomic mass is 10.1. The number of halogens is 3. The number of rotatable bonds is 7. The lowest BCUT2D eigenvalue weighted by Gasteiger charge is -2.18. The Labute approximate surface area is 139 Å². The summed E-state index contributed by atoms with van der Waals surface area (Å²) < 4.78 is 69.1. The van der Waals surface area contributed by atoms with E-state index in [0.29, 0.717) is 0 Å². The minimum Gasteiger partial charge on any atom is -0.468 e. The predicted octanol–water partition coefficient (Wildman–Crippen LogP) is 2.71. The quantitative estimate of drug-likeness (QED) is 0.752. The van der Waals surface area contributed by atoms with Crippen molar-refractivity contribution >= 4 is 16.0 Å². The lowest BCUT2D eigenvalue weighted by molar-refractivity contribution is -0.143. The molecule has 0 aromatic heterocycles. The van der Waals surface area contributed by atoms with Gasteiger partial charge in [0.2, 0.25) is 10.0 Å². The first-order valence-electron chi connectivity index (χ1n) is 7.18. The van der Waals surface area contributed by atoms with E-state index in [1.54, 1.807) is 13.8 Å². The van der Waals surface area contributed by atoms with Crippen LogP contribution in [0.3, 0.4) is 0 Å². The van der Waals surface area contributed by atoms with Crippen molar-refractivity contribution in [1.29, 1.82) is 0 Å². The van der Waals surface area contributed by atoms with Crippen LogP contribution in [0.25, 0.3) is 0 Å². The first-order chi connectivity index (χ1) is 10.9. The maximum absolute atomic E-state index is 12.7. The number of nitrogens with one attached hydrogen (secondary N) is 1. The highest BCUT2D eigenvalue weighted by molar-refractivity contribution is 7.88. The van der Waals surface area contributed by atoms with Crippen LogP contribution in [0.1, 0.15) is 31.4 Å². The molecule has 1 aromatic rings. The molecule has 9 heteroatoms. The Hall–Kier alpha value is -1.61. The number of hydrogen-bond acceptors (Lipinski definition) is 4. The van der Waals surface area contributed by atoms with E-state index < -0.39 is 39.5 Å². The van der Waals surface area contributed by atoms with Crippen molar-refractivity contribution < 1.29 is 31.1 Å². The zero-order chi connectivity index (χ0) is 18.5. The van der Waals surface area contributed by atoms with Gasteiger partial charge in [-0.15, -0.1) is 0 Å². The van der Waals surface area contributed by atoms with Gasteiger partial charge in [-0.25, -0.2) is 13.1 Å². The van der Waals surface area contributed by atoms with Crippen LogP contribution in [0.4, 0.5) is 13.2 Å². The summed E-state index contributed by atoms with van der Waals surface area (Å²) in [5, 5.41) is 0. The summed E-state index contributed by atoms with van der Waals surface area (Å²) in [6.07, 6.45) is -4.34. The molecule has 0 aliphatic carbocycles. The number of alkyl halides is 3. The number of ether oxygens (including phenoxy) is 1. The Balaban J connectivity index is 2.94. The highest BCUT2D eigenvalue weighted by Gasteiger charge is 2.31. The largest absolute Gasteiger partial charge is 0.468 e. The van der Waals surface area contributed by atoms with Crippen LogP contribution < -0.4 is 4.72 Å². The maximum Gasteiger partial charge on any atom is 0.416 e. The summed E-state index contributed by atoms with van der Waals surface area (Å²) >= 11 is 0. The smallest absolute Gasteiger partial charge is 0.416 e. The fourth-order valence-corrected chi connectivity index (χ4v) is 3.45. The number of methoxy groups -OCH3 is 1. The van der Waals surface area contributed by atoms with E-state index in [-0.39, 0.29) is 17.9 Å². The highest BCUT2D eigenvalue weighted by atomic mass is 32.2. The van der Waals surface area contributed by atoms with Gasteiger partial charge in [0.25, 0.3) is 0 Å². The first-order valence-corrected chi connectivity index (χ1v) is 8.84. The fourth-order valence-electron chi connectivity index (χ4n) is 2.12. The molecule has 0 bridgehead atoms. The van der Waals surface area contributed by atoms with Crippen LogP contribution in [-0.2, 0) is 31.5 Å². The Morgan fingerprint density at radius 2 is 1.92 bits per heavy atom. The van der Waals surface area contributed by atoms with Gasteiger partial charge >= 0.3 is 12.1 Å². The Morgan fingerprint density at radius 3 is 2.42 bits per heavy atom. The molecule has 1 unspecified atom stereocenters. The second-order valence-electron chi connectivity index (χ2n) is 5.78. The molecule has 1 rings (SSSR count). The monoisotopic (exact) mass is 367 g/mol. The Bertz CT molecular complexity index is 672. The van der Waals surface area contributed by atoms with Crippen molar-refractivity contribution in [1.82, 2.24) is 4.72 Å². The summed E-state index contributed by atoms with van der Waals surface area (Å²) in [4.78, 5) is 11.7. The van der Waals surface area contributed by atoms with Gasteiger partial charge in [0.15, 0.2) is 0 Å². The van der Waals surface area contributed by atoms with Crippen LogP contribution in [-0.4, -0.2) is 27.5 Å². The molecule has 136 valence electrons. The molecule has 24 heavy (non-hydrogen) atoms. The van der Waals surface area contributed by atoms with E-state index in [0.717, 1.165) is 25.3 Å². The van der Waals surface area contributed by atoms with Gasteiger partial charge in [-0.05, 0) is 24.0 Å². The molecule has 0 aliphatic rings. The van der Waals surface area contributed by atoms with Crippen molar-refractivity contribution in [3.05, 3.63) is 35.4 Å². The van der Waals surface area contributed by atoms with Crippen LogP contribution in [0, 0.1) is 5.92 Å². The van der Waals surface area contributed by atoms with Gasteiger partial charge in [-0.1, -0.05) is 32.0 Å². The molecule has 0 radical (unpaired) electrons. The average Bonchev–Trinajstić information content (AvgIpc) is 2.43. The average molecular weight is 367 g/mol. The van der Waals surface area contributed by atoms with Crippen molar-refractivity contribution in [3.8, 4) is 0 Å². The maximum atomic E-state index is 12.7. The van der Waals surface area contributed by atoms with E-state index in [1.165, 1.54) is 6.07 Å².